The number of aromatic nitrogens is 2. The van der Waals surface area contributed by atoms with Crippen molar-refractivity contribution in [1.29, 1.82) is 0 Å². The van der Waals surface area contributed by atoms with Crippen molar-refractivity contribution in [1.82, 2.24) is 9.97 Å². The maximum absolute atomic E-state index is 5.45. The van der Waals surface area contributed by atoms with Gasteiger partial charge in [0.15, 0.2) is 0 Å². The smallest absolute Gasteiger partial charge is 0.216 e. The van der Waals surface area contributed by atoms with E-state index in [1.807, 2.05) is 19.9 Å². The van der Waals surface area contributed by atoms with Gasteiger partial charge in [-0.1, -0.05) is 0 Å². The molecule has 0 radical (unpaired) electrons. The van der Waals surface area contributed by atoms with Crippen molar-refractivity contribution in [3.63, 3.8) is 0 Å². The fourth-order valence-electron chi connectivity index (χ4n) is 1.10. The van der Waals surface area contributed by atoms with Crippen molar-refractivity contribution >= 4 is 0 Å². The zero-order valence-electron chi connectivity index (χ0n) is 8.73. The zero-order chi connectivity index (χ0) is 10.4. The Balaban J connectivity index is 2.59. The minimum atomic E-state index is 0.146. The highest BCUT2D eigenvalue weighted by atomic mass is 16.5. The van der Waals surface area contributed by atoms with Gasteiger partial charge in [-0.2, -0.15) is 0 Å². The van der Waals surface area contributed by atoms with E-state index < -0.39 is 0 Å². The number of hydrogen-bond acceptors (Lipinski definition) is 4. The Labute approximate surface area is 84.5 Å². The second kappa shape index (κ2) is 5.54. The normalized spacial score (nSPS) is 10.6. The number of hydrogen-bond donors (Lipinski definition) is 1. The van der Waals surface area contributed by atoms with Crippen molar-refractivity contribution in [2.45, 2.75) is 32.8 Å². The SMILES string of the molecule is CC(C)Oc1cc(CCCN)ncn1. The molecule has 0 aliphatic carbocycles. The maximum atomic E-state index is 5.45. The summed E-state index contributed by atoms with van der Waals surface area (Å²) >= 11 is 0. The van der Waals surface area contributed by atoms with E-state index in [1.165, 1.54) is 6.33 Å². The molecule has 1 aromatic heterocycles. The summed E-state index contributed by atoms with van der Waals surface area (Å²) in [6.07, 6.45) is 3.50. The van der Waals surface area contributed by atoms with Crippen LogP contribution in [0.4, 0.5) is 0 Å². The molecular weight excluding hydrogens is 178 g/mol. The highest BCUT2D eigenvalue weighted by molar-refractivity contribution is 5.13. The van der Waals surface area contributed by atoms with Crippen LogP contribution in [0.3, 0.4) is 0 Å². The fourth-order valence-corrected chi connectivity index (χ4v) is 1.10. The Bertz CT molecular complexity index is 276. The summed E-state index contributed by atoms with van der Waals surface area (Å²) in [7, 11) is 0. The third kappa shape index (κ3) is 3.70. The average Bonchev–Trinajstić information content (AvgIpc) is 2.14. The molecule has 0 aromatic carbocycles. The minimum absolute atomic E-state index is 0.146. The first kappa shape index (κ1) is 10.9. The number of aryl methyl sites for hydroxylation is 1. The molecule has 14 heavy (non-hydrogen) atoms. The number of nitrogens with two attached hydrogens (primary N) is 1. The summed E-state index contributed by atoms with van der Waals surface area (Å²) in [5, 5.41) is 0. The van der Waals surface area contributed by atoms with E-state index in [0.717, 1.165) is 18.5 Å². The van der Waals surface area contributed by atoms with Gasteiger partial charge < -0.3 is 10.5 Å². The summed E-state index contributed by atoms with van der Waals surface area (Å²) in [6.45, 7) is 4.63. The lowest BCUT2D eigenvalue weighted by Crippen LogP contribution is -2.08. The van der Waals surface area contributed by atoms with Crippen LogP contribution in [0.1, 0.15) is 26.0 Å². The Kier molecular flexibility index (Phi) is 4.32. The Morgan fingerprint density at radius 3 is 2.86 bits per heavy atom. The molecule has 1 aromatic rings. The standard InChI is InChI=1S/C10H17N3O/c1-8(2)14-10-6-9(4-3-5-11)12-7-13-10/h6-8H,3-5,11H2,1-2H3. The highest BCUT2D eigenvalue weighted by Crippen LogP contribution is 2.09. The topological polar surface area (TPSA) is 61.0 Å². The van der Waals surface area contributed by atoms with Gasteiger partial charge >= 0.3 is 0 Å². The average molecular weight is 195 g/mol. The summed E-state index contributed by atoms with van der Waals surface area (Å²) < 4.78 is 5.45. The lowest BCUT2D eigenvalue weighted by Gasteiger charge is -2.08. The third-order valence-electron chi connectivity index (χ3n) is 1.69. The molecule has 0 fully saturated rings. The van der Waals surface area contributed by atoms with Crippen LogP contribution in [0.25, 0.3) is 0 Å². The van der Waals surface area contributed by atoms with E-state index in [2.05, 4.69) is 9.97 Å². The van der Waals surface area contributed by atoms with Gasteiger partial charge in [0.1, 0.15) is 6.33 Å². The van der Waals surface area contributed by atoms with Gasteiger partial charge in [-0.05, 0) is 33.2 Å². The highest BCUT2D eigenvalue weighted by Gasteiger charge is 2.01. The molecule has 78 valence electrons. The fraction of sp³-hybridized carbons (Fsp3) is 0.600. The van der Waals surface area contributed by atoms with Gasteiger partial charge in [0.25, 0.3) is 0 Å². The second-order valence-corrected chi connectivity index (χ2v) is 3.41. The van der Waals surface area contributed by atoms with Crippen LogP contribution in [-0.4, -0.2) is 22.6 Å². The summed E-state index contributed by atoms with van der Waals surface area (Å²) in [6, 6.07) is 1.87. The zero-order valence-corrected chi connectivity index (χ0v) is 8.73. The van der Waals surface area contributed by atoms with Crippen molar-refractivity contribution < 1.29 is 4.74 Å². The van der Waals surface area contributed by atoms with Crippen LogP contribution < -0.4 is 10.5 Å². The van der Waals surface area contributed by atoms with Gasteiger partial charge in [0, 0.05) is 11.8 Å². The Morgan fingerprint density at radius 1 is 1.43 bits per heavy atom. The number of nitrogens with zero attached hydrogens (tertiary/aromatic N) is 2. The van der Waals surface area contributed by atoms with E-state index >= 15 is 0 Å². The molecule has 0 saturated heterocycles. The van der Waals surface area contributed by atoms with Gasteiger partial charge in [0.2, 0.25) is 5.88 Å². The predicted octanol–water partition coefficient (Wildman–Crippen LogP) is 1.16. The first-order valence-electron chi connectivity index (χ1n) is 4.90. The van der Waals surface area contributed by atoms with Crippen LogP contribution in [0.2, 0.25) is 0 Å². The number of rotatable bonds is 5. The summed E-state index contributed by atoms with van der Waals surface area (Å²) in [5.74, 6) is 0.641. The maximum Gasteiger partial charge on any atom is 0.216 e. The van der Waals surface area contributed by atoms with Crippen LogP contribution >= 0.6 is 0 Å². The molecule has 0 amide bonds. The quantitative estimate of drug-likeness (QED) is 0.765. The van der Waals surface area contributed by atoms with E-state index in [9.17, 15) is 0 Å². The monoisotopic (exact) mass is 195 g/mol. The van der Waals surface area contributed by atoms with Crippen LogP contribution in [0.5, 0.6) is 5.88 Å². The first-order chi connectivity index (χ1) is 6.72. The van der Waals surface area contributed by atoms with E-state index in [-0.39, 0.29) is 6.10 Å². The second-order valence-electron chi connectivity index (χ2n) is 3.41. The van der Waals surface area contributed by atoms with Crippen molar-refractivity contribution in [3.8, 4) is 5.88 Å². The molecule has 0 bridgehead atoms. The molecule has 0 unspecified atom stereocenters. The molecular formula is C10H17N3O. The van der Waals surface area contributed by atoms with Gasteiger partial charge in [-0.3, -0.25) is 0 Å². The summed E-state index contributed by atoms with van der Waals surface area (Å²) in [5.41, 5.74) is 6.41. The molecule has 4 heteroatoms. The molecule has 0 atom stereocenters. The Morgan fingerprint density at radius 2 is 2.21 bits per heavy atom. The van der Waals surface area contributed by atoms with Crippen LogP contribution in [0, 0.1) is 0 Å². The van der Waals surface area contributed by atoms with Crippen LogP contribution in [-0.2, 0) is 6.42 Å². The van der Waals surface area contributed by atoms with Crippen LogP contribution in [0.15, 0.2) is 12.4 Å². The van der Waals surface area contributed by atoms with Crippen molar-refractivity contribution in [2.75, 3.05) is 6.54 Å². The molecule has 0 aliphatic rings. The summed E-state index contributed by atoms with van der Waals surface area (Å²) in [4.78, 5) is 8.16. The predicted molar refractivity (Wildman–Crippen MR) is 55.2 cm³/mol. The third-order valence-corrected chi connectivity index (χ3v) is 1.69. The largest absolute Gasteiger partial charge is 0.475 e. The molecule has 4 nitrogen and oxygen atoms in total. The molecule has 0 spiro atoms. The van der Waals surface area contributed by atoms with Crippen molar-refractivity contribution in [2.24, 2.45) is 5.73 Å². The van der Waals surface area contributed by atoms with Crippen molar-refractivity contribution in [3.05, 3.63) is 18.1 Å². The molecule has 0 saturated carbocycles. The first-order valence-corrected chi connectivity index (χ1v) is 4.90. The lowest BCUT2D eigenvalue weighted by molar-refractivity contribution is 0.232. The molecule has 1 rings (SSSR count). The Hall–Kier alpha value is -1.16. The molecule has 2 N–H and O–H groups in total. The number of ether oxygens (including phenoxy) is 1. The molecule has 1 heterocycles. The molecule has 0 aliphatic heterocycles. The van der Waals surface area contributed by atoms with E-state index in [1.54, 1.807) is 0 Å². The van der Waals surface area contributed by atoms with Gasteiger partial charge in [0.05, 0.1) is 6.10 Å². The lowest BCUT2D eigenvalue weighted by atomic mass is 10.2. The van der Waals surface area contributed by atoms with Gasteiger partial charge in [-0.25, -0.2) is 9.97 Å². The van der Waals surface area contributed by atoms with E-state index in [4.69, 9.17) is 10.5 Å². The minimum Gasteiger partial charge on any atom is -0.475 e. The van der Waals surface area contributed by atoms with E-state index in [0.29, 0.717) is 12.4 Å². The van der Waals surface area contributed by atoms with Gasteiger partial charge in [-0.15, -0.1) is 0 Å².